The number of hydrogen-bond donors (Lipinski definition) is 2. The van der Waals surface area contributed by atoms with Crippen LogP contribution in [0.1, 0.15) is 42.2 Å². The molecule has 4 nitrogen and oxygen atoms in total. The van der Waals surface area contributed by atoms with Gasteiger partial charge in [-0.3, -0.25) is 9.59 Å². The molecule has 0 heterocycles. The number of carbonyl (C=O) groups excluding carboxylic acids is 2. The summed E-state index contributed by atoms with van der Waals surface area (Å²) in [4.78, 5) is 24.0. The van der Waals surface area contributed by atoms with E-state index in [-0.39, 0.29) is 17.9 Å². The molecule has 2 aromatic carbocycles. The fourth-order valence-corrected chi connectivity index (χ4v) is 2.13. The van der Waals surface area contributed by atoms with Crippen molar-refractivity contribution in [1.29, 1.82) is 0 Å². The van der Waals surface area contributed by atoms with E-state index in [1.165, 1.54) is 0 Å². The maximum absolute atomic E-state index is 12.5. The smallest absolute Gasteiger partial charge is 0.253 e. The van der Waals surface area contributed by atoms with Gasteiger partial charge in [-0.25, -0.2) is 0 Å². The number of nitrogens with one attached hydrogen (secondary N) is 2. The molecular weight excluding hydrogens is 276 g/mol. The van der Waals surface area contributed by atoms with E-state index in [2.05, 4.69) is 10.6 Å². The number of carbonyl (C=O) groups is 2. The van der Waals surface area contributed by atoms with Crippen LogP contribution in [0.25, 0.3) is 0 Å². The lowest BCUT2D eigenvalue weighted by Gasteiger charge is -2.16. The maximum atomic E-state index is 12.5. The lowest BCUT2D eigenvalue weighted by molar-refractivity contribution is -0.115. The van der Waals surface area contributed by atoms with Gasteiger partial charge in [-0.1, -0.05) is 49.4 Å². The molecule has 0 bridgehead atoms. The molecule has 0 spiro atoms. The predicted octanol–water partition coefficient (Wildman–Crippen LogP) is 3.53. The number of benzene rings is 2. The van der Waals surface area contributed by atoms with Gasteiger partial charge in [0.05, 0.1) is 17.3 Å². The van der Waals surface area contributed by atoms with Crippen LogP contribution in [0, 0.1) is 0 Å². The van der Waals surface area contributed by atoms with Gasteiger partial charge in [0.2, 0.25) is 5.91 Å². The van der Waals surface area contributed by atoms with Gasteiger partial charge >= 0.3 is 0 Å². The van der Waals surface area contributed by atoms with Crippen molar-refractivity contribution in [1.82, 2.24) is 5.32 Å². The quantitative estimate of drug-likeness (QED) is 0.887. The van der Waals surface area contributed by atoms with Gasteiger partial charge in [0, 0.05) is 6.42 Å². The fraction of sp³-hybridized carbons (Fsp3) is 0.222. The molecule has 2 aromatic rings. The molecule has 2 rings (SSSR count). The largest absolute Gasteiger partial charge is 0.345 e. The Morgan fingerprint density at radius 3 is 2.32 bits per heavy atom. The predicted molar refractivity (Wildman–Crippen MR) is 87.7 cm³/mol. The van der Waals surface area contributed by atoms with Gasteiger partial charge in [-0.2, -0.15) is 0 Å². The van der Waals surface area contributed by atoms with Crippen molar-refractivity contribution in [2.75, 3.05) is 5.32 Å². The molecule has 0 radical (unpaired) electrons. The summed E-state index contributed by atoms with van der Waals surface area (Å²) >= 11 is 0. The highest BCUT2D eigenvalue weighted by atomic mass is 16.2. The molecule has 2 amide bonds. The van der Waals surface area contributed by atoms with Crippen molar-refractivity contribution in [3.05, 3.63) is 65.7 Å². The minimum atomic E-state index is -0.205. The van der Waals surface area contributed by atoms with Gasteiger partial charge in [-0.05, 0) is 24.6 Å². The Kier molecular flexibility index (Phi) is 5.31. The zero-order valence-electron chi connectivity index (χ0n) is 12.8. The Morgan fingerprint density at radius 2 is 1.64 bits per heavy atom. The number of amides is 2. The zero-order chi connectivity index (χ0) is 15.9. The monoisotopic (exact) mass is 296 g/mol. The third kappa shape index (κ3) is 3.95. The molecular formula is C18H20N2O2. The van der Waals surface area contributed by atoms with Crippen LogP contribution in [0.2, 0.25) is 0 Å². The van der Waals surface area contributed by atoms with Crippen LogP contribution in [0.15, 0.2) is 54.6 Å². The maximum Gasteiger partial charge on any atom is 0.253 e. The average Bonchev–Trinajstić information content (AvgIpc) is 2.55. The summed E-state index contributed by atoms with van der Waals surface area (Å²) in [6.07, 6.45) is 0.371. The molecule has 0 saturated carbocycles. The Balaban J connectivity index is 2.14. The zero-order valence-corrected chi connectivity index (χ0v) is 12.8. The van der Waals surface area contributed by atoms with E-state index >= 15 is 0 Å². The molecule has 1 unspecified atom stereocenters. The molecule has 0 aliphatic heterocycles. The number of rotatable bonds is 5. The first-order chi connectivity index (χ1) is 10.6. The van der Waals surface area contributed by atoms with Crippen LogP contribution in [0.5, 0.6) is 0 Å². The summed E-state index contributed by atoms with van der Waals surface area (Å²) in [6.45, 7) is 3.70. The van der Waals surface area contributed by atoms with Crippen molar-refractivity contribution in [3.8, 4) is 0 Å². The van der Waals surface area contributed by atoms with Crippen LogP contribution >= 0.6 is 0 Å². The van der Waals surface area contributed by atoms with Crippen molar-refractivity contribution < 1.29 is 9.59 Å². The van der Waals surface area contributed by atoms with E-state index in [4.69, 9.17) is 0 Å². The molecule has 0 saturated heterocycles. The van der Waals surface area contributed by atoms with E-state index in [9.17, 15) is 9.59 Å². The van der Waals surface area contributed by atoms with E-state index < -0.39 is 0 Å². The molecule has 0 aliphatic rings. The highest BCUT2D eigenvalue weighted by Gasteiger charge is 2.15. The molecule has 22 heavy (non-hydrogen) atoms. The van der Waals surface area contributed by atoms with Crippen LogP contribution < -0.4 is 10.6 Å². The minimum Gasteiger partial charge on any atom is -0.345 e. The first kappa shape index (κ1) is 15.8. The molecule has 0 fully saturated rings. The second-order valence-electron chi connectivity index (χ2n) is 5.05. The van der Waals surface area contributed by atoms with E-state index in [0.29, 0.717) is 17.7 Å². The van der Waals surface area contributed by atoms with Gasteiger partial charge in [0.15, 0.2) is 0 Å². The lowest BCUT2D eigenvalue weighted by atomic mass is 10.1. The summed E-state index contributed by atoms with van der Waals surface area (Å²) in [5.41, 5.74) is 2.03. The molecule has 4 heteroatoms. The topological polar surface area (TPSA) is 58.2 Å². The highest BCUT2D eigenvalue weighted by Crippen LogP contribution is 2.18. The van der Waals surface area contributed by atoms with Gasteiger partial charge in [0.25, 0.3) is 5.91 Å². The molecule has 114 valence electrons. The van der Waals surface area contributed by atoms with Gasteiger partial charge in [0.1, 0.15) is 0 Å². The Labute approximate surface area is 130 Å². The molecule has 2 N–H and O–H groups in total. The summed E-state index contributed by atoms with van der Waals surface area (Å²) in [5.74, 6) is -0.320. The SMILES string of the molecule is CCC(=O)Nc1ccccc1C(=O)NC(C)c1ccccc1. The normalized spacial score (nSPS) is 11.5. The second kappa shape index (κ2) is 7.41. The average molecular weight is 296 g/mol. The highest BCUT2D eigenvalue weighted by molar-refractivity contribution is 6.03. The first-order valence-electron chi connectivity index (χ1n) is 7.36. The molecule has 1 atom stereocenters. The van der Waals surface area contributed by atoms with Crippen molar-refractivity contribution >= 4 is 17.5 Å². The van der Waals surface area contributed by atoms with Crippen LogP contribution in [0.4, 0.5) is 5.69 Å². The molecule has 0 aliphatic carbocycles. The van der Waals surface area contributed by atoms with Gasteiger partial charge in [-0.15, -0.1) is 0 Å². The summed E-state index contributed by atoms with van der Waals surface area (Å²) < 4.78 is 0. The second-order valence-corrected chi connectivity index (χ2v) is 5.05. The van der Waals surface area contributed by atoms with Crippen molar-refractivity contribution in [3.63, 3.8) is 0 Å². The Morgan fingerprint density at radius 1 is 1.00 bits per heavy atom. The van der Waals surface area contributed by atoms with Gasteiger partial charge < -0.3 is 10.6 Å². The standard InChI is InChI=1S/C18H20N2O2/c1-3-17(21)20-16-12-8-7-11-15(16)18(22)19-13(2)14-9-5-4-6-10-14/h4-13H,3H2,1-2H3,(H,19,22)(H,20,21). The number of para-hydroxylation sites is 1. The van der Waals surface area contributed by atoms with Crippen LogP contribution in [-0.4, -0.2) is 11.8 Å². The third-order valence-electron chi connectivity index (χ3n) is 3.41. The Bertz CT molecular complexity index is 653. The van der Waals surface area contributed by atoms with Crippen LogP contribution in [-0.2, 0) is 4.79 Å². The third-order valence-corrected chi connectivity index (χ3v) is 3.41. The van der Waals surface area contributed by atoms with E-state index in [0.717, 1.165) is 5.56 Å². The molecule has 0 aromatic heterocycles. The minimum absolute atomic E-state index is 0.108. The van der Waals surface area contributed by atoms with Crippen LogP contribution in [0.3, 0.4) is 0 Å². The lowest BCUT2D eigenvalue weighted by Crippen LogP contribution is -2.27. The number of anilines is 1. The van der Waals surface area contributed by atoms with E-state index in [1.807, 2.05) is 37.3 Å². The first-order valence-corrected chi connectivity index (χ1v) is 7.36. The summed E-state index contributed by atoms with van der Waals surface area (Å²) in [6, 6.07) is 16.7. The Hall–Kier alpha value is -2.62. The fourth-order valence-electron chi connectivity index (χ4n) is 2.13. The van der Waals surface area contributed by atoms with E-state index in [1.54, 1.807) is 31.2 Å². The summed E-state index contributed by atoms with van der Waals surface area (Å²) in [7, 11) is 0. The van der Waals surface area contributed by atoms with Crippen molar-refractivity contribution in [2.24, 2.45) is 0 Å². The summed E-state index contributed by atoms with van der Waals surface area (Å²) in [5, 5.41) is 5.71. The van der Waals surface area contributed by atoms with Crippen molar-refractivity contribution in [2.45, 2.75) is 26.3 Å². The number of hydrogen-bond acceptors (Lipinski definition) is 2.